The Morgan fingerprint density at radius 1 is 1.43 bits per heavy atom. The molecule has 130 valence electrons. The second kappa shape index (κ2) is 8.45. The fourth-order valence-electron chi connectivity index (χ4n) is 2.25. The molecule has 1 atom stereocenters. The van der Waals surface area contributed by atoms with E-state index in [0.717, 1.165) is 5.56 Å². The number of para-hydroxylation sites is 1. The standard InChI is InChI=1S/C16H22F2N2O2.ClH/c1-11(2)9-22-14-6-4-3-5-12(14)8-19-15(21)13-7-16(17,18)10-20-13;/h3-6,11,13,20H,7-10H2,1-2H3,(H,19,21);1H. The Balaban J connectivity index is 0.00000264. The van der Waals surface area contributed by atoms with Crippen LogP contribution in [0.5, 0.6) is 5.75 Å². The second-order valence-corrected chi connectivity index (χ2v) is 6.02. The van der Waals surface area contributed by atoms with Crippen molar-refractivity contribution < 1.29 is 18.3 Å². The van der Waals surface area contributed by atoms with Gasteiger partial charge in [0.25, 0.3) is 5.92 Å². The number of carbonyl (C=O) groups is 1. The zero-order valence-electron chi connectivity index (χ0n) is 13.3. The van der Waals surface area contributed by atoms with Gasteiger partial charge in [-0.3, -0.25) is 10.1 Å². The Labute approximate surface area is 141 Å². The summed E-state index contributed by atoms with van der Waals surface area (Å²) in [4.78, 5) is 11.9. The maximum absolute atomic E-state index is 13.1. The molecule has 0 aliphatic carbocycles. The maximum atomic E-state index is 13.1. The number of ether oxygens (including phenoxy) is 1. The molecule has 0 radical (unpaired) electrons. The number of benzene rings is 1. The number of hydrogen-bond donors (Lipinski definition) is 2. The van der Waals surface area contributed by atoms with Gasteiger partial charge in [-0.25, -0.2) is 8.78 Å². The van der Waals surface area contributed by atoms with E-state index < -0.39 is 30.8 Å². The minimum absolute atomic E-state index is 0. The fraction of sp³-hybridized carbons (Fsp3) is 0.562. The van der Waals surface area contributed by atoms with Crippen molar-refractivity contribution >= 4 is 18.3 Å². The molecule has 1 fully saturated rings. The summed E-state index contributed by atoms with van der Waals surface area (Å²) in [5, 5.41) is 5.24. The predicted molar refractivity (Wildman–Crippen MR) is 87.2 cm³/mol. The van der Waals surface area contributed by atoms with Crippen LogP contribution in [0.25, 0.3) is 0 Å². The van der Waals surface area contributed by atoms with Gasteiger partial charge in [0.15, 0.2) is 0 Å². The summed E-state index contributed by atoms with van der Waals surface area (Å²) in [6, 6.07) is 6.57. The van der Waals surface area contributed by atoms with Gasteiger partial charge in [0.1, 0.15) is 5.75 Å². The van der Waals surface area contributed by atoms with Gasteiger partial charge in [-0.15, -0.1) is 12.4 Å². The van der Waals surface area contributed by atoms with Gasteiger partial charge in [0.2, 0.25) is 5.91 Å². The van der Waals surface area contributed by atoms with Gasteiger partial charge in [0.05, 0.1) is 19.2 Å². The van der Waals surface area contributed by atoms with E-state index in [1.54, 1.807) is 0 Å². The minimum atomic E-state index is -2.81. The molecule has 1 unspecified atom stereocenters. The summed E-state index contributed by atoms with van der Waals surface area (Å²) in [6.45, 7) is 4.50. The smallest absolute Gasteiger partial charge is 0.262 e. The second-order valence-electron chi connectivity index (χ2n) is 6.02. The highest BCUT2D eigenvalue weighted by atomic mass is 35.5. The van der Waals surface area contributed by atoms with Gasteiger partial charge < -0.3 is 10.1 Å². The predicted octanol–water partition coefficient (Wildman–Crippen LogP) is 2.76. The zero-order chi connectivity index (χ0) is 16.2. The molecule has 1 heterocycles. The number of rotatable bonds is 6. The van der Waals surface area contributed by atoms with E-state index in [9.17, 15) is 13.6 Å². The van der Waals surface area contributed by atoms with Crippen molar-refractivity contribution in [3.8, 4) is 5.75 Å². The van der Waals surface area contributed by atoms with Crippen molar-refractivity contribution in [3.05, 3.63) is 29.8 Å². The molecule has 23 heavy (non-hydrogen) atoms. The molecular weight excluding hydrogens is 326 g/mol. The van der Waals surface area contributed by atoms with Crippen LogP contribution in [0.2, 0.25) is 0 Å². The quantitative estimate of drug-likeness (QED) is 0.831. The van der Waals surface area contributed by atoms with Crippen molar-refractivity contribution in [3.63, 3.8) is 0 Å². The number of carbonyl (C=O) groups excluding carboxylic acids is 1. The molecule has 0 spiro atoms. The third kappa shape index (κ3) is 5.95. The lowest BCUT2D eigenvalue weighted by Gasteiger charge is -2.15. The van der Waals surface area contributed by atoms with Crippen molar-refractivity contribution in [2.45, 2.75) is 38.8 Å². The van der Waals surface area contributed by atoms with E-state index in [-0.39, 0.29) is 19.0 Å². The normalized spacial score (nSPS) is 19.3. The largest absolute Gasteiger partial charge is 0.493 e. The first kappa shape index (κ1) is 19.6. The lowest BCUT2D eigenvalue weighted by atomic mass is 10.1. The van der Waals surface area contributed by atoms with Crippen LogP contribution >= 0.6 is 12.4 Å². The summed E-state index contributed by atoms with van der Waals surface area (Å²) in [5.74, 6) is -2.11. The van der Waals surface area contributed by atoms with E-state index in [1.807, 2.05) is 24.3 Å². The molecule has 1 saturated heterocycles. The van der Waals surface area contributed by atoms with Crippen LogP contribution in [0.3, 0.4) is 0 Å². The SMILES string of the molecule is CC(C)COc1ccccc1CNC(=O)C1CC(F)(F)CN1.Cl. The minimum Gasteiger partial charge on any atom is -0.493 e. The van der Waals surface area contributed by atoms with E-state index in [4.69, 9.17) is 4.74 Å². The van der Waals surface area contributed by atoms with Crippen LogP contribution in [0.1, 0.15) is 25.8 Å². The van der Waals surface area contributed by atoms with Crippen LogP contribution in [-0.2, 0) is 11.3 Å². The summed E-state index contributed by atoms with van der Waals surface area (Å²) in [7, 11) is 0. The fourth-order valence-corrected chi connectivity index (χ4v) is 2.25. The number of hydrogen-bond acceptors (Lipinski definition) is 3. The highest BCUT2D eigenvalue weighted by Gasteiger charge is 2.42. The lowest BCUT2D eigenvalue weighted by Crippen LogP contribution is -2.40. The molecular formula is C16H23ClF2N2O2. The first-order valence-electron chi connectivity index (χ1n) is 7.47. The number of nitrogens with one attached hydrogen (secondary N) is 2. The van der Waals surface area contributed by atoms with Crippen molar-refractivity contribution in [1.29, 1.82) is 0 Å². The van der Waals surface area contributed by atoms with Crippen LogP contribution in [0.15, 0.2) is 24.3 Å². The van der Waals surface area contributed by atoms with E-state index >= 15 is 0 Å². The summed E-state index contributed by atoms with van der Waals surface area (Å²) >= 11 is 0. The Bertz CT molecular complexity index is 527. The zero-order valence-corrected chi connectivity index (χ0v) is 14.1. The van der Waals surface area contributed by atoms with Crippen LogP contribution in [0.4, 0.5) is 8.78 Å². The van der Waals surface area contributed by atoms with Gasteiger partial charge in [-0.05, 0) is 12.0 Å². The topological polar surface area (TPSA) is 50.4 Å². The molecule has 1 aliphatic heterocycles. The number of alkyl halides is 2. The van der Waals surface area contributed by atoms with E-state index in [1.165, 1.54) is 0 Å². The Kier molecular flexibility index (Phi) is 7.22. The molecule has 0 saturated carbocycles. The molecule has 1 aromatic rings. The third-order valence-corrected chi connectivity index (χ3v) is 3.42. The molecule has 1 aromatic carbocycles. The number of amides is 1. The van der Waals surface area contributed by atoms with Crippen LogP contribution in [-0.4, -0.2) is 31.0 Å². The summed E-state index contributed by atoms with van der Waals surface area (Å²) in [5.41, 5.74) is 0.834. The molecule has 2 N–H and O–H groups in total. The molecule has 0 bridgehead atoms. The van der Waals surface area contributed by atoms with Crippen molar-refractivity contribution in [2.75, 3.05) is 13.2 Å². The van der Waals surface area contributed by atoms with Crippen molar-refractivity contribution in [2.24, 2.45) is 5.92 Å². The molecule has 0 aromatic heterocycles. The molecule has 4 nitrogen and oxygen atoms in total. The Hall–Kier alpha value is -1.40. The van der Waals surface area contributed by atoms with E-state index in [2.05, 4.69) is 24.5 Å². The molecule has 1 amide bonds. The summed E-state index contributed by atoms with van der Waals surface area (Å²) in [6.07, 6.45) is -0.454. The lowest BCUT2D eigenvalue weighted by molar-refractivity contribution is -0.123. The Morgan fingerprint density at radius 2 is 2.13 bits per heavy atom. The molecule has 2 rings (SSSR count). The monoisotopic (exact) mass is 348 g/mol. The van der Waals surface area contributed by atoms with E-state index in [0.29, 0.717) is 18.3 Å². The maximum Gasteiger partial charge on any atom is 0.262 e. The first-order valence-corrected chi connectivity index (χ1v) is 7.47. The highest BCUT2D eigenvalue weighted by molar-refractivity contribution is 5.85. The van der Waals surface area contributed by atoms with Crippen LogP contribution < -0.4 is 15.4 Å². The van der Waals surface area contributed by atoms with Gasteiger partial charge in [0, 0.05) is 18.5 Å². The third-order valence-electron chi connectivity index (χ3n) is 3.42. The van der Waals surface area contributed by atoms with Crippen LogP contribution in [0, 0.1) is 5.92 Å². The van der Waals surface area contributed by atoms with Crippen molar-refractivity contribution in [1.82, 2.24) is 10.6 Å². The van der Waals surface area contributed by atoms with Gasteiger partial charge in [-0.1, -0.05) is 32.0 Å². The molecule has 7 heteroatoms. The van der Waals surface area contributed by atoms with Gasteiger partial charge >= 0.3 is 0 Å². The summed E-state index contributed by atoms with van der Waals surface area (Å²) < 4.78 is 31.9. The Morgan fingerprint density at radius 3 is 2.74 bits per heavy atom. The highest BCUT2D eigenvalue weighted by Crippen LogP contribution is 2.25. The van der Waals surface area contributed by atoms with Gasteiger partial charge in [-0.2, -0.15) is 0 Å². The number of halogens is 3. The molecule has 1 aliphatic rings. The first-order chi connectivity index (χ1) is 10.4. The average Bonchev–Trinajstić information content (AvgIpc) is 2.83. The average molecular weight is 349 g/mol.